The molecule has 0 spiro atoms. The first-order chi connectivity index (χ1) is 9.99. The fourth-order valence-electron chi connectivity index (χ4n) is 1.85. The summed E-state index contributed by atoms with van der Waals surface area (Å²) in [4.78, 5) is 10.4. The third kappa shape index (κ3) is 3.82. The van der Waals surface area contributed by atoms with E-state index < -0.39 is 10.7 Å². The molecule has 1 N–H and O–H groups in total. The molecular weight excluding hydrogens is 299 g/mol. The summed E-state index contributed by atoms with van der Waals surface area (Å²) < 4.78 is 18.1. The summed E-state index contributed by atoms with van der Waals surface area (Å²) in [5, 5.41) is 14.2. The Bertz CT molecular complexity index is 659. The number of nitro groups is 1. The molecule has 5 nitrogen and oxygen atoms in total. The number of ether oxygens (including phenoxy) is 1. The Morgan fingerprint density at radius 3 is 2.71 bits per heavy atom. The summed E-state index contributed by atoms with van der Waals surface area (Å²) in [6.45, 7) is 0.296. The highest BCUT2D eigenvalue weighted by Crippen LogP contribution is 2.28. The van der Waals surface area contributed by atoms with Crippen molar-refractivity contribution < 1.29 is 14.1 Å². The molecule has 21 heavy (non-hydrogen) atoms. The zero-order valence-corrected chi connectivity index (χ0v) is 11.9. The molecule has 2 rings (SSSR count). The van der Waals surface area contributed by atoms with Crippen LogP contribution in [0.2, 0.25) is 5.02 Å². The molecule has 0 heterocycles. The molecule has 0 saturated heterocycles. The molecule has 0 fully saturated rings. The van der Waals surface area contributed by atoms with Crippen molar-refractivity contribution in [3.05, 3.63) is 62.9 Å². The van der Waals surface area contributed by atoms with E-state index in [1.807, 2.05) is 0 Å². The molecule has 0 atom stereocenters. The van der Waals surface area contributed by atoms with Gasteiger partial charge in [0, 0.05) is 23.3 Å². The third-order valence-corrected chi connectivity index (χ3v) is 3.02. The summed E-state index contributed by atoms with van der Waals surface area (Å²) in [6, 6.07) is 8.69. The topological polar surface area (TPSA) is 64.4 Å². The van der Waals surface area contributed by atoms with Gasteiger partial charge in [0.15, 0.2) is 5.75 Å². The van der Waals surface area contributed by atoms with Gasteiger partial charge in [0.25, 0.3) is 0 Å². The Hall–Kier alpha value is -2.34. The van der Waals surface area contributed by atoms with Crippen molar-refractivity contribution in [2.45, 2.75) is 6.54 Å². The summed E-state index contributed by atoms with van der Waals surface area (Å²) in [7, 11) is 1.37. The van der Waals surface area contributed by atoms with E-state index in [1.54, 1.807) is 12.1 Å². The van der Waals surface area contributed by atoms with Crippen LogP contribution in [0.5, 0.6) is 5.75 Å². The van der Waals surface area contributed by atoms with Crippen LogP contribution in [0.1, 0.15) is 5.56 Å². The second kappa shape index (κ2) is 6.41. The molecule has 0 aliphatic heterocycles. The van der Waals surface area contributed by atoms with Crippen molar-refractivity contribution >= 4 is 23.0 Å². The first kappa shape index (κ1) is 15.1. The lowest BCUT2D eigenvalue weighted by Gasteiger charge is -2.08. The van der Waals surface area contributed by atoms with Gasteiger partial charge in [-0.1, -0.05) is 17.7 Å². The molecule has 0 aliphatic rings. The average molecular weight is 311 g/mol. The van der Waals surface area contributed by atoms with E-state index >= 15 is 0 Å². The lowest BCUT2D eigenvalue weighted by Crippen LogP contribution is -2.01. The maximum atomic E-state index is 13.2. The van der Waals surface area contributed by atoms with Crippen LogP contribution in [-0.4, -0.2) is 12.0 Å². The molecule has 110 valence electrons. The van der Waals surface area contributed by atoms with Gasteiger partial charge in [0.1, 0.15) is 5.82 Å². The lowest BCUT2D eigenvalue weighted by molar-refractivity contribution is -0.385. The highest BCUT2D eigenvalue weighted by atomic mass is 35.5. The van der Waals surface area contributed by atoms with Crippen LogP contribution in [0.4, 0.5) is 15.8 Å². The monoisotopic (exact) mass is 310 g/mol. The van der Waals surface area contributed by atoms with E-state index in [9.17, 15) is 14.5 Å². The normalized spacial score (nSPS) is 10.2. The Kier molecular flexibility index (Phi) is 4.59. The molecule has 7 heteroatoms. The van der Waals surface area contributed by atoms with Gasteiger partial charge in [-0.05, 0) is 29.8 Å². The lowest BCUT2D eigenvalue weighted by atomic mass is 10.2. The van der Waals surface area contributed by atoms with Crippen LogP contribution in [0.15, 0.2) is 36.4 Å². The molecule has 0 unspecified atom stereocenters. The van der Waals surface area contributed by atoms with Crippen LogP contribution < -0.4 is 10.1 Å². The summed E-state index contributed by atoms with van der Waals surface area (Å²) in [5.74, 6) is -0.261. The number of methoxy groups -OCH3 is 1. The maximum Gasteiger partial charge on any atom is 0.311 e. The highest BCUT2D eigenvalue weighted by Gasteiger charge is 2.14. The Balaban J connectivity index is 2.16. The number of halogens is 2. The second-order valence-electron chi connectivity index (χ2n) is 4.27. The number of hydrogen-bond donors (Lipinski definition) is 1. The first-order valence-corrected chi connectivity index (χ1v) is 6.38. The van der Waals surface area contributed by atoms with Gasteiger partial charge in [-0.25, -0.2) is 4.39 Å². The molecule has 0 aromatic heterocycles. The van der Waals surface area contributed by atoms with Gasteiger partial charge in [-0.3, -0.25) is 10.1 Å². The summed E-state index contributed by atoms with van der Waals surface area (Å²) in [5.41, 5.74) is 1.05. The maximum absolute atomic E-state index is 13.2. The van der Waals surface area contributed by atoms with Crippen molar-refractivity contribution in [2.24, 2.45) is 0 Å². The molecule has 0 bridgehead atoms. The summed E-state index contributed by atoms with van der Waals surface area (Å²) >= 11 is 5.75. The van der Waals surface area contributed by atoms with Crippen molar-refractivity contribution in [3.8, 4) is 5.75 Å². The van der Waals surface area contributed by atoms with Gasteiger partial charge >= 0.3 is 5.69 Å². The van der Waals surface area contributed by atoms with Crippen molar-refractivity contribution in [3.63, 3.8) is 0 Å². The molecular formula is C14H12ClFN2O3. The van der Waals surface area contributed by atoms with E-state index in [0.717, 1.165) is 0 Å². The van der Waals surface area contributed by atoms with Crippen molar-refractivity contribution in [1.82, 2.24) is 0 Å². The zero-order chi connectivity index (χ0) is 15.4. The number of anilines is 1. The van der Waals surface area contributed by atoms with Crippen LogP contribution in [0, 0.1) is 15.9 Å². The van der Waals surface area contributed by atoms with Crippen molar-refractivity contribution in [2.75, 3.05) is 12.4 Å². The molecule has 0 radical (unpaired) electrons. The van der Waals surface area contributed by atoms with Crippen molar-refractivity contribution in [1.29, 1.82) is 0 Å². The largest absolute Gasteiger partial charge is 0.490 e. The quantitative estimate of drug-likeness (QED) is 0.669. The van der Waals surface area contributed by atoms with E-state index in [2.05, 4.69) is 5.32 Å². The van der Waals surface area contributed by atoms with Crippen LogP contribution in [0.3, 0.4) is 0 Å². The first-order valence-electron chi connectivity index (χ1n) is 6.01. The molecule has 0 amide bonds. The van der Waals surface area contributed by atoms with E-state index in [1.165, 1.54) is 31.4 Å². The van der Waals surface area contributed by atoms with Gasteiger partial charge in [-0.15, -0.1) is 0 Å². The smallest absolute Gasteiger partial charge is 0.311 e. The number of nitrogens with one attached hydrogen (secondary N) is 1. The SMILES string of the molecule is COc1ccc(CNc2cc(F)cc(Cl)c2)cc1[N+](=O)[O-]. The fraction of sp³-hybridized carbons (Fsp3) is 0.143. The molecule has 0 aliphatic carbocycles. The van der Waals surface area contributed by atoms with Crippen LogP contribution in [0.25, 0.3) is 0 Å². The van der Waals surface area contributed by atoms with Crippen LogP contribution >= 0.6 is 11.6 Å². The Labute approximate surface area is 125 Å². The Morgan fingerprint density at radius 2 is 2.10 bits per heavy atom. The van der Waals surface area contributed by atoms with Gasteiger partial charge in [0.2, 0.25) is 0 Å². The minimum absolute atomic E-state index is 0.117. The number of rotatable bonds is 5. The minimum Gasteiger partial charge on any atom is -0.490 e. The predicted octanol–water partition coefficient (Wildman–Crippen LogP) is 4.01. The molecule has 2 aromatic rings. The number of benzene rings is 2. The molecule has 0 saturated carbocycles. The predicted molar refractivity (Wildman–Crippen MR) is 78.4 cm³/mol. The second-order valence-corrected chi connectivity index (χ2v) is 4.71. The average Bonchev–Trinajstić information content (AvgIpc) is 2.43. The number of hydrogen-bond acceptors (Lipinski definition) is 4. The standard InChI is InChI=1S/C14H12ClFN2O3/c1-21-14-3-2-9(4-13(14)18(19)20)8-17-12-6-10(15)5-11(16)7-12/h2-7,17H,8H2,1H3. The molecule has 2 aromatic carbocycles. The van der Waals surface area contributed by atoms with E-state index in [0.29, 0.717) is 17.8 Å². The fourth-order valence-corrected chi connectivity index (χ4v) is 2.07. The minimum atomic E-state index is -0.513. The third-order valence-electron chi connectivity index (χ3n) is 2.80. The van der Waals surface area contributed by atoms with Gasteiger partial charge in [0.05, 0.1) is 12.0 Å². The van der Waals surface area contributed by atoms with E-state index in [-0.39, 0.29) is 16.5 Å². The highest BCUT2D eigenvalue weighted by molar-refractivity contribution is 6.30. The van der Waals surface area contributed by atoms with Crippen LogP contribution in [-0.2, 0) is 6.54 Å². The zero-order valence-electron chi connectivity index (χ0n) is 11.1. The van der Waals surface area contributed by atoms with Gasteiger partial charge < -0.3 is 10.1 Å². The van der Waals surface area contributed by atoms with E-state index in [4.69, 9.17) is 16.3 Å². The van der Waals surface area contributed by atoms with Gasteiger partial charge in [-0.2, -0.15) is 0 Å². The number of nitro benzene ring substituents is 1. The number of nitrogens with zero attached hydrogens (tertiary/aromatic N) is 1. The summed E-state index contributed by atoms with van der Waals surface area (Å²) in [6.07, 6.45) is 0. The Morgan fingerprint density at radius 1 is 1.33 bits per heavy atom.